The van der Waals surface area contributed by atoms with Gasteiger partial charge in [0.2, 0.25) is 10.0 Å². The quantitative estimate of drug-likeness (QED) is 0.927. The van der Waals surface area contributed by atoms with Crippen molar-refractivity contribution in [1.82, 2.24) is 4.31 Å². The van der Waals surface area contributed by atoms with Gasteiger partial charge < -0.3 is 5.11 Å². The zero-order valence-electron chi connectivity index (χ0n) is 10.7. The summed E-state index contributed by atoms with van der Waals surface area (Å²) in [4.78, 5) is 10.9. The fraction of sp³-hybridized carbons (Fsp3) is 0.583. The third-order valence-corrected chi connectivity index (χ3v) is 6.55. The first-order chi connectivity index (χ1) is 8.94. The Morgan fingerprint density at radius 1 is 1.37 bits per heavy atom. The third kappa shape index (κ3) is 2.82. The molecule has 1 fully saturated rings. The Kier molecular flexibility index (Phi) is 4.27. The molecule has 1 aliphatic carbocycles. The first kappa shape index (κ1) is 14.5. The molecule has 1 aromatic heterocycles. The lowest BCUT2D eigenvalue weighted by Gasteiger charge is -2.30. The maximum absolute atomic E-state index is 12.5. The van der Waals surface area contributed by atoms with Gasteiger partial charge in [0.05, 0.1) is 0 Å². The largest absolute Gasteiger partial charge is 0.477 e. The standard InChI is InChI=1S/C12H17NO4S2/c1-13(9-5-3-2-4-6-9)19(16,17)10-7-8-18-11(10)12(14)15/h7-9H,2-6H2,1H3,(H,14,15). The third-order valence-electron chi connectivity index (χ3n) is 3.57. The van der Waals surface area contributed by atoms with Crippen LogP contribution in [0.3, 0.4) is 0 Å². The number of aromatic carboxylic acids is 1. The number of rotatable bonds is 4. The molecular formula is C12H17NO4S2. The molecule has 0 bridgehead atoms. The molecule has 0 unspecified atom stereocenters. The number of carbonyl (C=O) groups is 1. The van der Waals surface area contributed by atoms with Crippen LogP contribution in [0.4, 0.5) is 0 Å². The highest BCUT2D eigenvalue weighted by Gasteiger charge is 2.32. The highest BCUT2D eigenvalue weighted by molar-refractivity contribution is 7.89. The zero-order chi connectivity index (χ0) is 14.0. The topological polar surface area (TPSA) is 74.7 Å². The molecule has 2 rings (SSSR count). The van der Waals surface area contributed by atoms with E-state index < -0.39 is 16.0 Å². The van der Waals surface area contributed by atoms with E-state index in [1.54, 1.807) is 7.05 Å². The average molecular weight is 303 g/mol. The Morgan fingerprint density at radius 2 is 2.00 bits per heavy atom. The summed E-state index contributed by atoms with van der Waals surface area (Å²) in [6, 6.07) is 1.36. The second kappa shape index (κ2) is 5.60. The van der Waals surface area contributed by atoms with Crippen LogP contribution < -0.4 is 0 Å². The lowest BCUT2D eigenvalue weighted by atomic mass is 9.96. The van der Waals surface area contributed by atoms with E-state index in [0.717, 1.165) is 43.4 Å². The highest BCUT2D eigenvalue weighted by atomic mass is 32.2. The first-order valence-corrected chi connectivity index (χ1v) is 8.55. The molecule has 0 aromatic carbocycles. The van der Waals surface area contributed by atoms with E-state index in [9.17, 15) is 13.2 Å². The molecule has 1 aromatic rings. The van der Waals surface area contributed by atoms with E-state index in [1.165, 1.54) is 15.8 Å². The Bertz CT molecular complexity index is 558. The maximum Gasteiger partial charge on any atom is 0.347 e. The normalized spacial score (nSPS) is 17.8. The van der Waals surface area contributed by atoms with E-state index >= 15 is 0 Å². The first-order valence-electron chi connectivity index (χ1n) is 6.23. The summed E-state index contributed by atoms with van der Waals surface area (Å²) < 4.78 is 26.3. The Balaban J connectivity index is 2.30. The predicted octanol–water partition coefficient (Wildman–Crippen LogP) is 2.40. The molecule has 106 valence electrons. The molecule has 1 heterocycles. The van der Waals surface area contributed by atoms with E-state index in [1.807, 2.05) is 0 Å². The van der Waals surface area contributed by atoms with Gasteiger partial charge in [-0.05, 0) is 24.3 Å². The average Bonchev–Trinajstić information content (AvgIpc) is 2.89. The zero-order valence-corrected chi connectivity index (χ0v) is 12.3. The summed E-state index contributed by atoms with van der Waals surface area (Å²) in [5, 5.41) is 10.5. The minimum Gasteiger partial charge on any atom is -0.477 e. The van der Waals surface area contributed by atoms with Crippen LogP contribution >= 0.6 is 11.3 Å². The molecule has 0 saturated heterocycles. The van der Waals surface area contributed by atoms with Crippen LogP contribution in [0.1, 0.15) is 41.8 Å². The Hall–Kier alpha value is -0.920. The van der Waals surface area contributed by atoms with Crippen LogP contribution in [0.25, 0.3) is 0 Å². The van der Waals surface area contributed by atoms with Crippen LogP contribution in [0, 0.1) is 0 Å². The molecule has 0 atom stereocenters. The van der Waals surface area contributed by atoms with E-state index in [-0.39, 0.29) is 15.8 Å². The minimum atomic E-state index is -3.71. The SMILES string of the molecule is CN(C1CCCCC1)S(=O)(=O)c1ccsc1C(=O)O. The lowest BCUT2D eigenvalue weighted by Crippen LogP contribution is -2.38. The fourth-order valence-electron chi connectivity index (χ4n) is 2.45. The van der Waals surface area contributed by atoms with Crippen molar-refractivity contribution >= 4 is 27.3 Å². The summed E-state index contributed by atoms with van der Waals surface area (Å²) in [5.41, 5.74) is 0. The van der Waals surface area contributed by atoms with Gasteiger partial charge in [0.25, 0.3) is 0 Å². The van der Waals surface area contributed by atoms with E-state index in [0.29, 0.717) is 0 Å². The summed E-state index contributed by atoms with van der Waals surface area (Å²) >= 11 is 0.943. The number of hydrogen-bond acceptors (Lipinski definition) is 4. The predicted molar refractivity (Wildman–Crippen MR) is 73.1 cm³/mol. The van der Waals surface area contributed by atoms with Gasteiger partial charge in [-0.3, -0.25) is 0 Å². The van der Waals surface area contributed by atoms with Crippen molar-refractivity contribution in [2.45, 2.75) is 43.0 Å². The summed E-state index contributed by atoms with van der Waals surface area (Å²) in [6.45, 7) is 0. The van der Waals surface area contributed by atoms with Gasteiger partial charge >= 0.3 is 5.97 Å². The molecule has 0 spiro atoms. The van der Waals surface area contributed by atoms with Crippen LogP contribution in [0.5, 0.6) is 0 Å². The lowest BCUT2D eigenvalue weighted by molar-refractivity contribution is 0.0698. The van der Waals surface area contributed by atoms with Crippen LogP contribution in [-0.2, 0) is 10.0 Å². The number of thiophene rings is 1. The van der Waals surface area contributed by atoms with Crippen molar-refractivity contribution < 1.29 is 18.3 Å². The van der Waals surface area contributed by atoms with E-state index in [2.05, 4.69) is 0 Å². The van der Waals surface area contributed by atoms with Gasteiger partial charge in [0, 0.05) is 13.1 Å². The van der Waals surface area contributed by atoms with Crippen molar-refractivity contribution in [3.05, 3.63) is 16.3 Å². The molecule has 0 aliphatic heterocycles. The number of hydrogen-bond donors (Lipinski definition) is 1. The number of carboxylic acids is 1. The van der Waals surface area contributed by atoms with Gasteiger partial charge in [-0.25, -0.2) is 13.2 Å². The smallest absolute Gasteiger partial charge is 0.347 e. The minimum absolute atomic E-state index is 0.0136. The van der Waals surface area contributed by atoms with Crippen molar-refractivity contribution in [3.8, 4) is 0 Å². The molecule has 0 radical (unpaired) electrons. The summed E-state index contributed by atoms with van der Waals surface area (Å²) in [7, 11) is -2.16. The van der Waals surface area contributed by atoms with Gasteiger partial charge in [-0.1, -0.05) is 19.3 Å². The number of carboxylic acid groups (broad SMARTS) is 1. The molecule has 1 N–H and O–H groups in total. The molecule has 7 heteroatoms. The maximum atomic E-state index is 12.5. The van der Waals surface area contributed by atoms with Crippen LogP contribution in [0.2, 0.25) is 0 Å². The van der Waals surface area contributed by atoms with Gasteiger partial charge in [0.15, 0.2) is 0 Å². The molecule has 1 aliphatic rings. The Morgan fingerprint density at radius 3 is 2.58 bits per heavy atom. The van der Waals surface area contributed by atoms with Gasteiger partial charge in [-0.15, -0.1) is 11.3 Å². The highest BCUT2D eigenvalue weighted by Crippen LogP contribution is 2.29. The van der Waals surface area contributed by atoms with Crippen molar-refractivity contribution in [3.63, 3.8) is 0 Å². The summed E-state index contributed by atoms with van der Waals surface area (Å²) in [6.07, 6.45) is 4.90. The van der Waals surface area contributed by atoms with Gasteiger partial charge in [-0.2, -0.15) is 4.31 Å². The van der Waals surface area contributed by atoms with Gasteiger partial charge in [0.1, 0.15) is 9.77 Å². The number of nitrogens with zero attached hydrogens (tertiary/aromatic N) is 1. The fourth-order valence-corrected chi connectivity index (χ4v) is 5.10. The second-order valence-corrected chi connectivity index (χ2v) is 7.61. The molecule has 5 nitrogen and oxygen atoms in total. The monoisotopic (exact) mass is 303 g/mol. The molecule has 1 saturated carbocycles. The van der Waals surface area contributed by atoms with Crippen molar-refractivity contribution in [2.75, 3.05) is 7.05 Å². The second-order valence-electron chi connectivity index (χ2n) is 4.73. The van der Waals surface area contributed by atoms with Crippen molar-refractivity contribution in [2.24, 2.45) is 0 Å². The number of sulfonamides is 1. The van der Waals surface area contributed by atoms with Crippen LogP contribution in [0.15, 0.2) is 16.3 Å². The molecule has 0 amide bonds. The van der Waals surface area contributed by atoms with Crippen LogP contribution in [-0.4, -0.2) is 36.9 Å². The molecule has 19 heavy (non-hydrogen) atoms. The summed E-state index contributed by atoms with van der Waals surface area (Å²) in [5.74, 6) is -1.19. The van der Waals surface area contributed by atoms with Crippen molar-refractivity contribution in [1.29, 1.82) is 0 Å². The Labute approximate surface area is 116 Å². The molecular weight excluding hydrogens is 286 g/mol. The van der Waals surface area contributed by atoms with E-state index in [4.69, 9.17) is 5.11 Å².